The first-order chi connectivity index (χ1) is 4.70. The summed E-state index contributed by atoms with van der Waals surface area (Å²) in [5.41, 5.74) is 0. The van der Waals surface area contributed by atoms with Crippen molar-refractivity contribution < 1.29 is 8.78 Å². The van der Waals surface area contributed by atoms with E-state index in [9.17, 15) is 8.78 Å². The van der Waals surface area contributed by atoms with Crippen molar-refractivity contribution in [1.82, 2.24) is 0 Å². The van der Waals surface area contributed by atoms with Crippen LogP contribution in [-0.2, 0) is 0 Å². The van der Waals surface area contributed by atoms with Crippen molar-refractivity contribution in [3.05, 3.63) is 12.2 Å². The molecule has 0 bridgehead atoms. The molecule has 0 aliphatic carbocycles. The topological polar surface area (TPSA) is 47.6 Å². The van der Waals surface area contributed by atoms with Crippen LogP contribution in [0.25, 0.3) is 0 Å². The second-order valence-electron chi connectivity index (χ2n) is 1.45. The van der Waals surface area contributed by atoms with Crippen LogP contribution in [-0.4, -0.2) is 12.3 Å². The predicted octanol–water partition coefficient (Wildman–Crippen LogP) is 1.27. The predicted molar refractivity (Wildman–Crippen MR) is 30.2 cm³/mol. The molecule has 0 amide bonds. The second kappa shape index (κ2) is 4.46. The van der Waals surface area contributed by atoms with E-state index in [0.29, 0.717) is 12.2 Å². The summed E-state index contributed by atoms with van der Waals surface area (Å²) in [5, 5.41) is 15.7. The first-order valence-electron chi connectivity index (χ1n) is 2.46. The lowest BCUT2D eigenvalue weighted by atomic mass is 10.3. The SMILES string of the molecule is N#CC(F)C=CC(F)C#N. The van der Waals surface area contributed by atoms with E-state index in [1.165, 1.54) is 12.1 Å². The van der Waals surface area contributed by atoms with E-state index in [1.54, 1.807) is 0 Å². The van der Waals surface area contributed by atoms with Gasteiger partial charge in [0.2, 0.25) is 12.3 Å². The molecule has 4 heteroatoms. The molecule has 0 N–H and O–H groups in total. The number of hydrogen-bond donors (Lipinski definition) is 0. The average Bonchev–Trinajstić information content (AvgIpc) is 1.99. The monoisotopic (exact) mass is 142 g/mol. The van der Waals surface area contributed by atoms with E-state index in [-0.39, 0.29) is 0 Å². The first-order valence-corrected chi connectivity index (χ1v) is 2.46. The van der Waals surface area contributed by atoms with Crippen molar-refractivity contribution in [3.63, 3.8) is 0 Å². The van der Waals surface area contributed by atoms with Gasteiger partial charge in [-0.2, -0.15) is 10.5 Å². The minimum atomic E-state index is -1.83. The molecule has 0 aromatic heterocycles. The third-order valence-corrected chi connectivity index (χ3v) is 0.696. The number of rotatable bonds is 2. The van der Waals surface area contributed by atoms with Crippen LogP contribution >= 0.6 is 0 Å². The largest absolute Gasteiger partial charge is 0.226 e. The van der Waals surface area contributed by atoms with Crippen LogP contribution in [0.2, 0.25) is 0 Å². The van der Waals surface area contributed by atoms with Gasteiger partial charge in [0.25, 0.3) is 0 Å². The highest BCUT2D eigenvalue weighted by molar-refractivity contribution is 5.08. The van der Waals surface area contributed by atoms with Crippen molar-refractivity contribution in [2.45, 2.75) is 12.3 Å². The lowest BCUT2D eigenvalue weighted by molar-refractivity contribution is 0.456. The number of alkyl halides is 2. The molecule has 0 saturated heterocycles. The Morgan fingerprint density at radius 1 is 1.00 bits per heavy atom. The summed E-state index contributed by atoms with van der Waals surface area (Å²) in [7, 11) is 0. The molecule has 52 valence electrons. The summed E-state index contributed by atoms with van der Waals surface area (Å²) >= 11 is 0. The Morgan fingerprint density at radius 2 is 1.30 bits per heavy atom. The zero-order valence-electron chi connectivity index (χ0n) is 4.96. The van der Waals surface area contributed by atoms with Crippen LogP contribution in [0.15, 0.2) is 12.2 Å². The molecule has 0 fully saturated rings. The maximum absolute atomic E-state index is 11.9. The number of hydrogen-bond acceptors (Lipinski definition) is 2. The summed E-state index contributed by atoms with van der Waals surface area (Å²) in [4.78, 5) is 0. The van der Waals surface area contributed by atoms with Gasteiger partial charge in [-0.15, -0.1) is 0 Å². The van der Waals surface area contributed by atoms with Crippen LogP contribution in [0.3, 0.4) is 0 Å². The fourth-order valence-electron chi connectivity index (χ4n) is 0.281. The maximum Gasteiger partial charge on any atom is 0.204 e. The summed E-state index contributed by atoms with van der Waals surface area (Å²) in [6, 6.07) is 2.43. The lowest BCUT2D eigenvalue weighted by Gasteiger charge is -1.86. The summed E-state index contributed by atoms with van der Waals surface area (Å²) in [6.07, 6.45) is -2.25. The van der Waals surface area contributed by atoms with Crippen molar-refractivity contribution in [3.8, 4) is 12.1 Å². The molecule has 0 saturated carbocycles. The Labute approximate surface area is 57.0 Å². The quantitative estimate of drug-likeness (QED) is 0.545. The maximum atomic E-state index is 11.9. The highest BCUT2D eigenvalue weighted by Crippen LogP contribution is 1.95. The van der Waals surface area contributed by atoms with Crippen LogP contribution in [0.4, 0.5) is 8.78 Å². The summed E-state index contributed by atoms with van der Waals surface area (Å²) in [6.45, 7) is 0. The highest BCUT2D eigenvalue weighted by Gasteiger charge is 2.00. The lowest BCUT2D eigenvalue weighted by Crippen LogP contribution is -1.93. The molecule has 0 rings (SSSR count). The standard InChI is InChI=1S/C6H4F2N2/c7-5(3-9)1-2-6(8)4-10/h1-2,5-6H. The van der Waals surface area contributed by atoms with Crippen molar-refractivity contribution in [2.24, 2.45) is 0 Å². The molecule has 2 nitrogen and oxygen atoms in total. The van der Waals surface area contributed by atoms with E-state index in [0.717, 1.165) is 0 Å². The van der Waals surface area contributed by atoms with Gasteiger partial charge < -0.3 is 0 Å². The van der Waals surface area contributed by atoms with Gasteiger partial charge in [0.15, 0.2) is 0 Å². The highest BCUT2D eigenvalue weighted by atomic mass is 19.1. The number of allylic oxidation sites excluding steroid dienone is 2. The first kappa shape index (κ1) is 8.58. The average molecular weight is 142 g/mol. The van der Waals surface area contributed by atoms with Gasteiger partial charge in [0.05, 0.1) is 0 Å². The Hall–Kier alpha value is -1.42. The van der Waals surface area contributed by atoms with E-state index < -0.39 is 12.3 Å². The molecule has 2 atom stereocenters. The van der Waals surface area contributed by atoms with Crippen molar-refractivity contribution in [2.75, 3.05) is 0 Å². The molecule has 2 unspecified atom stereocenters. The van der Waals surface area contributed by atoms with Gasteiger partial charge in [-0.05, 0) is 12.2 Å². The Morgan fingerprint density at radius 3 is 1.50 bits per heavy atom. The molecule has 0 aromatic rings. The Kier molecular flexibility index (Phi) is 3.83. The minimum absolute atomic E-state index is 0.702. The molecule has 0 aromatic carbocycles. The molecular weight excluding hydrogens is 138 g/mol. The third-order valence-electron chi connectivity index (χ3n) is 0.696. The van der Waals surface area contributed by atoms with Gasteiger partial charge in [0, 0.05) is 0 Å². The molecule has 0 heterocycles. The van der Waals surface area contributed by atoms with Gasteiger partial charge >= 0.3 is 0 Å². The number of nitriles is 2. The van der Waals surface area contributed by atoms with Gasteiger partial charge in [-0.25, -0.2) is 8.78 Å². The smallest absolute Gasteiger partial charge is 0.204 e. The fraction of sp³-hybridized carbons (Fsp3) is 0.333. The third kappa shape index (κ3) is 3.57. The zero-order valence-corrected chi connectivity index (χ0v) is 4.96. The Balaban J connectivity index is 3.81. The van der Waals surface area contributed by atoms with Crippen molar-refractivity contribution in [1.29, 1.82) is 10.5 Å². The Bertz CT molecular complexity index is 177. The fourth-order valence-corrected chi connectivity index (χ4v) is 0.281. The van der Waals surface area contributed by atoms with Crippen molar-refractivity contribution >= 4 is 0 Å². The summed E-state index contributed by atoms with van der Waals surface area (Å²) < 4.78 is 23.8. The molecule has 10 heavy (non-hydrogen) atoms. The van der Waals surface area contributed by atoms with E-state index in [2.05, 4.69) is 0 Å². The zero-order chi connectivity index (χ0) is 7.98. The van der Waals surface area contributed by atoms with E-state index >= 15 is 0 Å². The normalized spacial score (nSPS) is 15.6. The molecule has 0 aliphatic rings. The van der Waals surface area contributed by atoms with Gasteiger partial charge in [-0.1, -0.05) is 0 Å². The van der Waals surface area contributed by atoms with Crippen LogP contribution in [0, 0.1) is 22.7 Å². The molecule has 0 spiro atoms. The molecule has 0 aliphatic heterocycles. The summed E-state index contributed by atoms with van der Waals surface area (Å²) in [5.74, 6) is 0. The van der Waals surface area contributed by atoms with Crippen LogP contribution < -0.4 is 0 Å². The van der Waals surface area contributed by atoms with Crippen LogP contribution in [0.1, 0.15) is 0 Å². The number of nitrogens with zero attached hydrogens (tertiary/aromatic N) is 2. The van der Waals surface area contributed by atoms with Gasteiger partial charge in [-0.3, -0.25) is 0 Å². The van der Waals surface area contributed by atoms with E-state index in [1.807, 2.05) is 0 Å². The van der Waals surface area contributed by atoms with Crippen LogP contribution in [0.5, 0.6) is 0 Å². The van der Waals surface area contributed by atoms with E-state index in [4.69, 9.17) is 10.5 Å². The van der Waals surface area contributed by atoms with Gasteiger partial charge in [0.1, 0.15) is 12.1 Å². The minimum Gasteiger partial charge on any atom is -0.226 e. The molecule has 0 radical (unpaired) electrons. The number of halogens is 2. The second-order valence-corrected chi connectivity index (χ2v) is 1.45. The molecular formula is C6H4F2N2.